The maximum atomic E-state index is 12.3. The van der Waals surface area contributed by atoms with E-state index in [9.17, 15) is 9.59 Å². The Balaban J connectivity index is 1.54. The van der Waals surface area contributed by atoms with Gasteiger partial charge in [-0.2, -0.15) is 0 Å². The molecule has 3 heterocycles. The smallest absolute Gasteiger partial charge is 0.320 e. The fourth-order valence-corrected chi connectivity index (χ4v) is 4.44. The molecule has 31 heavy (non-hydrogen) atoms. The van der Waals surface area contributed by atoms with E-state index >= 15 is 0 Å². The van der Waals surface area contributed by atoms with Gasteiger partial charge in [-0.05, 0) is 19.1 Å². The molecule has 10 nitrogen and oxygen atoms in total. The number of anilines is 3. The molecule has 0 aliphatic heterocycles. The van der Waals surface area contributed by atoms with Crippen molar-refractivity contribution in [2.75, 3.05) is 23.4 Å². The Bertz CT molecular complexity index is 1260. The van der Waals surface area contributed by atoms with Gasteiger partial charge in [-0.1, -0.05) is 28.6 Å². The van der Waals surface area contributed by atoms with Crippen molar-refractivity contribution in [1.29, 1.82) is 0 Å². The van der Waals surface area contributed by atoms with Crippen molar-refractivity contribution < 1.29 is 14.1 Å². The molecule has 0 bridgehead atoms. The van der Waals surface area contributed by atoms with Gasteiger partial charge in [0.2, 0.25) is 0 Å². The van der Waals surface area contributed by atoms with Crippen molar-refractivity contribution in [2.24, 2.45) is 0 Å². The van der Waals surface area contributed by atoms with Gasteiger partial charge < -0.3 is 20.9 Å². The molecule has 3 aromatic heterocycles. The van der Waals surface area contributed by atoms with E-state index < -0.39 is 0 Å². The van der Waals surface area contributed by atoms with Crippen molar-refractivity contribution >= 4 is 51.2 Å². The summed E-state index contributed by atoms with van der Waals surface area (Å²) in [5.41, 5.74) is 8.37. The summed E-state index contributed by atoms with van der Waals surface area (Å²) in [5.74, 6) is 0.493. The molecule has 1 aromatic carbocycles. The number of thiazole rings is 2. The van der Waals surface area contributed by atoms with Crippen LogP contribution in [-0.4, -0.2) is 34.1 Å². The van der Waals surface area contributed by atoms with Crippen LogP contribution in [-0.2, 0) is 0 Å². The van der Waals surface area contributed by atoms with Gasteiger partial charge in [-0.15, -0.1) is 11.3 Å². The van der Waals surface area contributed by atoms with Crippen molar-refractivity contribution in [3.63, 3.8) is 0 Å². The zero-order valence-corrected chi connectivity index (χ0v) is 18.1. The number of carbonyl (C=O) groups excluding carboxylic acids is 2. The molecule has 3 amide bonds. The van der Waals surface area contributed by atoms with Crippen LogP contribution in [0.25, 0.3) is 21.1 Å². The first-order valence-electron chi connectivity index (χ1n) is 8.99. The topological polar surface area (TPSA) is 148 Å². The molecule has 0 radical (unpaired) electrons. The van der Waals surface area contributed by atoms with E-state index in [1.807, 2.05) is 23.6 Å². The summed E-state index contributed by atoms with van der Waals surface area (Å²) in [4.78, 5) is 33.3. The second kappa shape index (κ2) is 8.53. The molecule has 0 atom stereocenters. The van der Waals surface area contributed by atoms with E-state index in [4.69, 9.17) is 10.3 Å². The summed E-state index contributed by atoms with van der Waals surface area (Å²) in [6, 6.07) is 8.50. The molecule has 12 heteroatoms. The van der Waals surface area contributed by atoms with Gasteiger partial charge in [0.25, 0.3) is 5.91 Å². The zero-order chi connectivity index (χ0) is 22.0. The Morgan fingerprint density at radius 2 is 2.00 bits per heavy atom. The summed E-state index contributed by atoms with van der Waals surface area (Å²) in [6.07, 6.45) is 0. The molecule has 0 fully saturated rings. The molecule has 0 aliphatic carbocycles. The summed E-state index contributed by atoms with van der Waals surface area (Å²) in [5, 5.41) is 14.5. The van der Waals surface area contributed by atoms with Crippen LogP contribution in [0, 0.1) is 6.92 Å². The largest absolute Gasteiger partial charge is 0.382 e. The number of carbonyl (C=O) groups is 2. The number of nitrogens with one attached hydrogen (secondary N) is 3. The summed E-state index contributed by atoms with van der Waals surface area (Å²) >= 11 is 2.65. The molecule has 4 aromatic rings. The monoisotopic (exact) mass is 455 g/mol. The molecule has 0 unspecified atom stereocenters. The van der Waals surface area contributed by atoms with Crippen LogP contribution in [0.4, 0.5) is 21.4 Å². The van der Waals surface area contributed by atoms with Crippen molar-refractivity contribution in [3.8, 4) is 21.1 Å². The Labute approximate surface area is 184 Å². The van der Waals surface area contributed by atoms with E-state index in [1.165, 1.54) is 29.7 Å². The van der Waals surface area contributed by atoms with Gasteiger partial charge in [0, 0.05) is 29.7 Å². The molecule has 5 N–H and O–H groups in total. The standard InChI is InChI=1S/C19H17N7O3S2/c1-9-6-12(26-29-9)16(27)22-11-5-3-4-10(7-11)13-8-30-17(23-13)14-15(20)24-19(31-14)25-18(28)21-2/h3-8H,20H2,1-2H3,(H,22,27)(H2,21,24,25,28). The summed E-state index contributed by atoms with van der Waals surface area (Å²) in [6.45, 7) is 1.72. The molecule has 0 spiro atoms. The first-order chi connectivity index (χ1) is 14.9. The van der Waals surface area contributed by atoms with Crippen molar-refractivity contribution in [2.45, 2.75) is 6.92 Å². The number of aryl methyl sites for hydroxylation is 1. The number of nitrogens with zero attached hydrogens (tertiary/aromatic N) is 3. The molecule has 0 saturated carbocycles. The second-order valence-electron chi connectivity index (χ2n) is 6.33. The highest BCUT2D eigenvalue weighted by Gasteiger charge is 2.17. The lowest BCUT2D eigenvalue weighted by molar-refractivity contribution is 0.101. The fourth-order valence-electron chi connectivity index (χ4n) is 2.63. The average Bonchev–Trinajstić information content (AvgIpc) is 3.48. The number of nitrogens with two attached hydrogens (primary N) is 1. The van der Waals surface area contributed by atoms with Gasteiger partial charge in [-0.3, -0.25) is 10.1 Å². The van der Waals surface area contributed by atoms with Gasteiger partial charge >= 0.3 is 6.03 Å². The lowest BCUT2D eigenvalue weighted by atomic mass is 10.1. The number of urea groups is 1. The lowest BCUT2D eigenvalue weighted by Gasteiger charge is -2.04. The van der Waals surface area contributed by atoms with E-state index in [0.717, 1.165) is 11.3 Å². The molecular formula is C19H17N7O3S2. The summed E-state index contributed by atoms with van der Waals surface area (Å²) in [7, 11) is 1.52. The summed E-state index contributed by atoms with van der Waals surface area (Å²) < 4.78 is 4.94. The highest BCUT2D eigenvalue weighted by atomic mass is 32.1. The minimum Gasteiger partial charge on any atom is -0.382 e. The van der Waals surface area contributed by atoms with Crippen LogP contribution in [0.3, 0.4) is 0 Å². The maximum Gasteiger partial charge on any atom is 0.320 e. The van der Waals surface area contributed by atoms with Gasteiger partial charge in [0.15, 0.2) is 10.8 Å². The Kier molecular flexibility index (Phi) is 5.64. The highest BCUT2D eigenvalue weighted by Crippen LogP contribution is 2.38. The third-order valence-electron chi connectivity index (χ3n) is 4.08. The van der Waals surface area contributed by atoms with Crippen LogP contribution < -0.4 is 21.7 Å². The quantitative estimate of drug-likeness (QED) is 0.357. The normalized spacial score (nSPS) is 10.6. The SMILES string of the molecule is CNC(=O)Nc1nc(N)c(-c2nc(-c3cccc(NC(=O)c4cc(C)on4)c3)cs2)s1. The predicted molar refractivity (Wildman–Crippen MR) is 120 cm³/mol. The molecule has 158 valence electrons. The van der Waals surface area contributed by atoms with Crippen molar-refractivity contribution in [3.05, 3.63) is 47.2 Å². The maximum absolute atomic E-state index is 12.3. The number of hydrogen-bond acceptors (Lipinski definition) is 9. The van der Waals surface area contributed by atoms with Gasteiger partial charge in [0.1, 0.15) is 21.5 Å². The number of benzene rings is 1. The van der Waals surface area contributed by atoms with E-state index in [-0.39, 0.29) is 17.6 Å². The second-order valence-corrected chi connectivity index (χ2v) is 8.19. The third-order valence-corrected chi connectivity index (χ3v) is 6.06. The Morgan fingerprint density at radius 1 is 1.16 bits per heavy atom. The molecule has 0 aliphatic rings. The number of hydrogen-bond donors (Lipinski definition) is 4. The van der Waals surface area contributed by atoms with Crippen molar-refractivity contribution in [1.82, 2.24) is 20.4 Å². The fraction of sp³-hybridized carbons (Fsp3) is 0.105. The van der Waals surface area contributed by atoms with Gasteiger partial charge in [0.05, 0.1) is 5.69 Å². The first-order valence-corrected chi connectivity index (χ1v) is 10.7. The predicted octanol–water partition coefficient (Wildman–Crippen LogP) is 3.82. The van der Waals surface area contributed by atoms with Crippen LogP contribution in [0.1, 0.15) is 16.2 Å². The van der Waals surface area contributed by atoms with Crippen LogP contribution >= 0.6 is 22.7 Å². The zero-order valence-electron chi connectivity index (χ0n) is 16.4. The number of aromatic nitrogens is 3. The van der Waals surface area contributed by atoms with E-state index in [0.29, 0.717) is 32.3 Å². The molecule has 4 rings (SSSR count). The Hall–Kier alpha value is -3.77. The average molecular weight is 456 g/mol. The highest BCUT2D eigenvalue weighted by molar-refractivity contribution is 7.23. The number of nitrogen functional groups attached to an aromatic ring is 1. The minimum atomic E-state index is -0.375. The number of rotatable bonds is 5. The molecular weight excluding hydrogens is 438 g/mol. The van der Waals surface area contributed by atoms with Gasteiger partial charge in [-0.25, -0.2) is 14.8 Å². The first kappa shape index (κ1) is 20.5. The Morgan fingerprint density at radius 3 is 2.74 bits per heavy atom. The van der Waals surface area contributed by atoms with E-state index in [2.05, 4.69) is 31.1 Å². The number of amides is 3. The van der Waals surface area contributed by atoms with Crippen LogP contribution in [0.15, 0.2) is 40.2 Å². The lowest BCUT2D eigenvalue weighted by Crippen LogP contribution is -2.24. The molecule has 0 saturated heterocycles. The minimum absolute atomic E-state index is 0.209. The van der Waals surface area contributed by atoms with Crippen LogP contribution in [0.2, 0.25) is 0 Å². The third kappa shape index (κ3) is 4.54. The van der Waals surface area contributed by atoms with E-state index in [1.54, 1.807) is 19.1 Å². The van der Waals surface area contributed by atoms with Crippen LogP contribution in [0.5, 0.6) is 0 Å².